The zero-order valence-electron chi connectivity index (χ0n) is 8.51. The van der Waals surface area contributed by atoms with Gasteiger partial charge in [0.05, 0.1) is 0 Å². The molecule has 0 aromatic rings. The van der Waals surface area contributed by atoms with Crippen LogP contribution in [0.15, 0.2) is 78.5 Å². The highest BCUT2D eigenvalue weighted by Crippen LogP contribution is 2.21. The minimum absolute atomic E-state index is 0.378. The summed E-state index contributed by atoms with van der Waals surface area (Å²) >= 11 is 0. The molecule has 0 heterocycles. The summed E-state index contributed by atoms with van der Waals surface area (Å²) in [5, 5.41) is 0. The lowest BCUT2D eigenvalue weighted by Crippen LogP contribution is -1.90. The van der Waals surface area contributed by atoms with Crippen molar-refractivity contribution < 1.29 is 0 Å². The van der Waals surface area contributed by atoms with Gasteiger partial charge in [-0.05, 0) is 11.6 Å². The van der Waals surface area contributed by atoms with Crippen LogP contribution in [0.1, 0.15) is 0 Å². The Morgan fingerprint density at radius 3 is 2.27 bits per heavy atom. The van der Waals surface area contributed by atoms with E-state index in [0.717, 1.165) is 0 Å². The van der Waals surface area contributed by atoms with Gasteiger partial charge in [-0.25, -0.2) is 0 Å². The average Bonchev–Trinajstić information content (AvgIpc) is 2.65. The summed E-state index contributed by atoms with van der Waals surface area (Å²) in [5.74, 6) is 0.378. The molecule has 2 rings (SSSR count). The van der Waals surface area contributed by atoms with Crippen LogP contribution in [0.5, 0.6) is 0 Å². The molecule has 0 amide bonds. The summed E-state index contributed by atoms with van der Waals surface area (Å²) in [6.45, 7) is 0. The van der Waals surface area contributed by atoms with Crippen molar-refractivity contribution in [3.8, 4) is 0 Å². The van der Waals surface area contributed by atoms with Gasteiger partial charge in [0.25, 0.3) is 0 Å². The van der Waals surface area contributed by atoms with Gasteiger partial charge in [-0.15, -0.1) is 0 Å². The second-order valence-electron chi connectivity index (χ2n) is 3.38. The van der Waals surface area contributed by atoms with Gasteiger partial charge < -0.3 is 0 Å². The SMILES string of the molecule is [C]1=C/C=C\C=C\C=C/C=C/C2C=CC=C/12. The number of hydrogen-bond donors (Lipinski definition) is 0. The van der Waals surface area contributed by atoms with E-state index in [-0.39, 0.29) is 0 Å². The van der Waals surface area contributed by atoms with Crippen LogP contribution in [0.3, 0.4) is 0 Å². The normalized spacial score (nSPS) is 34.1. The number of hydrogen-bond acceptors (Lipinski definition) is 0. The first kappa shape index (κ1) is 9.72. The molecule has 0 fully saturated rings. The van der Waals surface area contributed by atoms with Crippen molar-refractivity contribution in [1.29, 1.82) is 0 Å². The third-order valence-corrected chi connectivity index (χ3v) is 2.28. The van der Waals surface area contributed by atoms with Gasteiger partial charge in [0, 0.05) is 5.92 Å². The quantitative estimate of drug-likeness (QED) is 0.550. The van der Waals surface area contributed by atoms with Crippen molar-refractivity contribution in [3.05, 3.63) is 84.6 Å². The Labute approximate surface area is 91.0 Å². The van der Waals surface area contributed by atoms with E-state index in [1.807, 2.05) is 42.5 Å². The predicted molar refractivity (Wildman–Crippen MR) is 65.1 cm³/mol. The molecule has 2 aliphatic carbocycles. The van der Waals surface area contributed by atoms with E-state index in [2.05, 4.69) is 36.5 Å². The molecular weight excluding hydrogens is 180 g/mol. The third-order valence-electron chi connectivity index (χ3n) is 2.28. The van der Waals surface area contributed by atoms with Gasteiger partial charge in [0.2, 0.25) is 0 Å². The molecule has 1 atom stereocenters. The Balaban J connectivity index is 2.23. The van der Waals surface area contributed by atoms with Crippen molar-refractivity contribution in [2.75, 3.05) is 0 Å². The van der Waals surface area contributed by atoms with Gasteiger partial charge in [-0.2, -0.15) is 0 Å². The lowest BCUT2D eigenvalue weighted by molar-refractivity contribution is 1.02. The molecule has 15 heavy (non-hydrogen) atoms. The fourth-order valence-corrected chi connectivity index (χ4v) is 1.51. The summed E-state index contributed by atoms with van der Waals surface area (Å²) in [6.07, 6.45) is 27.9. The van der Waals surface area contributed by atoms with Crippen LogP contribution >= 0.6 is 0 Å². The number of allylic oxidation sites excluding steroid dienone is 14. The molecule has 0 aliphatic heterocycles. The summed E-state index contributed by atoms with van der Waals surface area (Å²) in [4.78, 5) is 0. The van der Waals surface area contributed by atoms with Crippen LogP contribution in [0.2, 0.25) is 0 Å². The van der Waals surface area contributed by atoms with Gasteiger partial charge in [0.15, 0.2) is 0 Å². The molecule has 0 N–H and O–H groups in total. The summed E-state index contributed by atoms with van der Waals surface area (Å²) in [5.41, 5.74) is 1.22. The van der Waals surface area contributed by atoms with Gasteiger partial charge >= 0.3 is 0 Å². The maximum absolute atomic E-state index is 3.28. The van der Waals surface area contributed by atoms with Gasteiger partial charge in [0.1, 0.15) is 0 Å². The lowest BCUT2D eigenvalue weighted by Gasteiger charge is -2.02. The maximum Gasteiger partial charge on any atom is 0.0211 e. The van der Waals surface area contributed by atoms with Crippen LogP contribution in [-0.2, 0) is 0 Å². The molecule has 0 saturated carbocycles. The Morgan fingerprint density at radius 2 is 1.40 bits per heavy atom. The first-order valence-corrected chi connectivity index (χ1v) is 5.12. The Morgan fingerprint density at radius 1 is 0.733 bits per heavy atom. The highest BCUT2D eigenvalue weighted by Gasteiger charge is 2.07. The minimum atomic E-state index is 0.378. The lowest BCUT2D eigenvalue weighted by atomic mass is 10.0. The van der Waals surface area contributed by atoms with Gasteiger partial charge in [-0.3, -0.25) is 0 Å². The Kier molecular flexibility index (Phi) is 3.34. The topological polar surface area (TPSA) is 0 Å². The largest absolute Gasteiger partial charge is 0.0732 e. The molecule has 73 valence electrons. The van der Waals surface area contributed by atoms with E-state index in [1.54, 1.807) is 0 Å². The van der Waals surface area contributed by atoms with Crippen LogP contribution in [-0.4, -0.2) is 0 Å². The fourth-order valence-electron chi connectivity index (χ4n) is 1.51. The first-order valence-electron chi connectivity index (χ1n) is 5.12. The standard InChI is InChI=1S/C15H13/c1-2-4-6-8-11-15-13-9-12-14(15)10-7-5-3-1/h1-10,12-14H/b2-1+,5-3-,6-4-,10-7+,11-8?. The molecule has 0 aromatic heterocycles. The van der Waals surface area contributed by atoms with Crippen LogP contribution < -0.4 is 0 Å². The highest BCUT2D eigenvalue weighted by molar-refractivity contribution is 5.37. The minimum Gasteiger partial charge on any atom is -0.0732 e. The highest BCUT2D eigenvalue weighted by atomic mass is 14.1. The molecule has 0 nitrogen and oxygen atoms in total. The summed E-state index contributed by atoms with van der Waals surface area (Å²) in [7, 11) is 0. The maximum atomic E-state index is 3.28. The molecule has 0 spiro atoms. The summed E-state index contributed by atoms with van der Waals surface area (Å²) < 4.78 is 0. The Hall–Kier alpha value is -1.82. The van der Waals surface area contributed by atoms with Crippen LogP contribution in [0.4, 0.5) is 0 Å². The molecular formula is C15H13. The van der Waals surface area contributed by atoms with E-state index in [4.69, 9.17) is 0 Å². The molecule has 0 aromatic carbocycles. The van der Waals surface area contributed by atoms with E-state index in [9.17, 15) is 0 Å². The molecule has 0 bridgehead atoms. The van der Waals surface area contributed by atoms with Crippen molar-refractivity contribution >= 4 is 0 Å². The smallest absolute Gasteiger partial charge is 0.0211 e. The second kappa shape index (κ2) is 5.16. The molecule has 0 heteroatoms. The molecule has 0 saturated heterocycles. The number of fused-ring (bicyclic) bond motifs is 1. The second-order valence-corrected chi connectivity index (χ2v) is 3.38. The van der Waals surface area contributed by atoms with Crippen molar-refractivity contribution in [1.82, 2.24) is 0 Å². The van der Waals surface area contributed by atoms with E-state index < -0.39 is 0 Å². The number of rotatable bonds is 0. The van der Waals surface area contributed by atoms with Crippen molar-refractivity contribution in [3.63, 3.8) is 0 Å². The zero-order chi connectivity index (χ0) is 10.3. The average molecular weight is 193 g/mol. The zero-order valence-corrected chi connectivity index (χ0v) is 8.51. The molecule has 1 radical (unpaired) electrons. The fraction of sp³-hybridized carbons (Fsp3) is 0.0667. The van der Waals surface area contributed by atoms with E-state index in [1.165, 1.54) is 5.57 Å². The summed E-state index contributed by atoms with van der Waals surface area (Å²) in [6, 6.07) is 0. The van der Waals surface area contributed by atoms with Gasteiger partial charge in [-0.1, -0.05) is 72.9 Å². The van der Waals surface area contributed by atoms with E-state index >= 15 is 0 Å². The monoisotopic (exact) mass is 193 g/mol. The van der Waals surface area contributed by atoms with Crippen LogP contribution in [0, 0.1) is 12.0 Å². The van der Waals surface area contributed by atoms with E-state index in [0.29, 0.717) is 5.92 Å². The molecule has 1 unspecified atom stereocenters. The van der Waals surface area contributed by atoms with Crippen molar-refractivity contribution in [2.45, 2.75) is 0 Å². The molecule has 2 aliphatic rings. The first-order chi connectivity index (χ1) is 7.47. The Bertz CT molecular complexity index is 409. The van der Waals surface area contributed by atoms with Crippen LogP contribution in [0.25, 0.3) is 0 Å². The predicted octanol–water partition coefficient (Wildman–Crippen LogP) is 3.70. The third kappa shape index (κ3) is 2.81. The van der Waals surface area contributed by atoms with Crippen molar-refractivity contribution in [2.24, 2.45) is 5.92 Å².